The molecule has 2 aromatic rings. The molecule has 2 rings (SSSR count). The minimum atomic E-state index is 0.0333. The third-order valence-corrected chi connectivity index (χ3v) is 4.38. The van der Waals surface area contributed by atoms with Gasteiger partial charge < -0.3 is 0 Å². The van der Waals surface area contributed by atoms with Gasteiger partial charge in [0, 0.05) is 0 Å². The molecule has 0 bridgehead atoms. The van der Waals surface area contributed by atoms with Gasteiger partial charge >= 0.3 is 0 Å². The number of hydrogen-bond acceptors (Lipinski definition) is 0. The highest BCUT2D eigenvalue weighted by Gasteiger charge is 2.16. The van der Waals surface area contributed by atoms with Crippen molar-refractivity contribution in [2.24, 2.45) is 0 Å². The summed E-state index contributed by atoms with van der Waals surface area (Å²) < 4.78 is 0. The highest BCUT2D eigenvalue weighted by Crippen LogP contribution is 2.33. The third kappa shape index (κ3) is 4.11. The van der Waals surface area contributed by atoms with Crippen LogP contribution in [0.25, 0.3) is 0 Å². The van der Waals surface area contributed by atoms with Crippen LogP contribution in [0.3, 0.4) is 0 Å². The lowest BCUT2D eigenvalue weighted by Gasteiger charge is -2.20. The molecular formula is C20H25Cl. The molecule has 0 nitrogen and oxygen atoms in total. The fourth-order valence-electron chi connectivity index (χ4n) is 2.67. The molecule has 1 unspecified atom stereocenters. The van der Waals surface area contributed by atoms with Crippen molar-refractivity contribution in [1.82, 2.24) is 0 Å². The Labute approximate surface area is 134 Å². The van der Waals surface area contributed by atoms with Crippen LogP contribution in [0.4, 0.5) is 0 Å². The molecule has 0 heterocycles. The molecule has 0 N–H and O–H groups in total. The topological polar surface area (TPSA) is 0 Å². The van der Waals surface area contributed by atoms with Crippen molar-refractivity contribution >= 4 is 11.6 Å². The van der Waals surface area contributed by atoms with Crippen molar-refractivity contribution in [3.05, 3.63) is 70.8 Å². The van der Waals surface area contributed by atoms with Crippen LogP contribution in [0.5, 0.6) is 0 Å². The van der Waals surface area contributed by atoms with E-state index in [4.69, 9.17) is 11.6 Å². The van der Waals surface area contributed by atoms with E-state index >= 15 is 0 Å². The molecule has 0 fully saturated rings. The van der Waals surface area contributed by atoms with E-state index in [2.05, 4.69) is 70.2 Å². The Morgan fingerprint density at radius 1 is 0.810 bits per heavy atom. The van der Waals surface area contributed by atoms with Crippen LogP contribution in [-0.4, -0.2) is 0 Å². The van der Waals surface area contributed by atoms with E-state index in [0.717, 1.165) is 6.42 Å². The lowest BCUT2D eigenvalue weighted by molar-refractivity contribution is 0.799. The summed E-state index contributed by atoms with van der Waals surface area (Å²) in [4.78, 5) is 0. The molecule has 112 valence electrons. The molecule has 0 radical (unpaired) electrons. The first-order valence-electron chi connectivity index (χ1n) is 7.80. The highest BCUT2D eigenvalue weighted by molar-refractivity contribution is 6.21. The summed E-state index contributed by atoms with van der Waals surface area (Å²) in [6.07, 6.45) is 0.878. The Morgan fingerprint density at radius 2 is 1.48 bits per heavy atom. The van der Waals surface area contributed by atoms with Crippen LogP contribution < -0.4 is 0 Å². The number of halogens is 1. The standard InChI is InChI=1S/C20H25Cl/c1-14(2)17-10-11-18(19(13-17)15(3)4)20(21)12-16-8-6-5-7-9-16/h5-11,13-15,20H,12H2,1-4H3. The molecule has 0 aliphatic heterocycles. The second kappa shape index (κ2) is 7.13. The summed E-state index contributed by atoms with van der Waals surface area (Å²) >= 11 is 6.72. The molecule has 0 saturated heterocycles. The van der Waals surface area contributed by atoms with Crippen LogP contribution in [0.15, 0.2) is 48.5 Å². The molecule has 0 saturated carbocycles. The Hall–Kier alpha value is -1.27. The Balaban J connectivity index is 2.29. The van der Waals surface area contributed by atoms with Gasteiger partial charge in [-0.1, -0.05) is 76.2 Å². The second-order valence-electron chi connectivity index (χ2n) is 6.36. The zero-order chi connectivity index (χ0) is 15.4. The summed E-state index contributed by atoms with van der Waals surface area (Å²) in [5.41, 5.74) is 5.35. The van der Waals surface area contributed by atoms with Gasteiger partial charge in [0.15, 0.2) is 0 Å². The monoisotopic (exact) mass is 300 g/mol. The van der Waals surface area contributed by atoms with Gasteiger partial charge in [0.05, 0.1) is 5.38 Å². The molecule has 21 heavy (non-hydrogen) atoms. The lowest BCUT2D eigenvalue weighted by Crippen LogP contribution is -2.04. The van der Waals surface area contributed by atoms with Crippen LogP contribution in [-0.2, 0) is 6.42 Å². The van der Waals surface area contributed by atoms with Gasteiger partial charge in [-0.05, 0) is 40.5 Å². The smallest absolute Gasteiger partial charge is 0.0628 e. The summed E-state index contributed by atoms with van der Waals surface area (Å²) in [6.45, 7) is 8.96. The minimum Gasteiger partial charge on any atom is -0.117 e. The zero-order valence-electron chi connectivity index (χ0n) is 13.4. The Morgan fingerprint density at radius 3 is 2.05 bits per heavy atom. The quantitative estimate of drug-likeness (QED) is 0.556. The fourth-order valence-corrected chi connectivity index (χ4v) is 3.05. The van der Waals surface area contributed by atoms with Gasteiger partial charge in [-0.2, -0.15) is 0 Å². The molecule has 1 heteroatoms. The average Bonchev–Trinajstić information content (AvgIpc) is 2.47. The van der Waals surface area contributed by atoms with Crippen molar-refractivity contribution in [3.63, 3.8) is 0 Å². The van der Waals surface area contributed by atoms with Crippen molar-refractivity contribution in [3.8, 4) is 0 Å². The zero-order valence-corrected chi connectivity index (χ0v) is 14.2. The normalized spacial score (nSPS) is 12.9. The Bertz CT molecular complexity index is 570. The van der Waals surface area contributed by atoms with Gasteiger partial charge in [-0.3, -0.25) is 0 Å². The molecular weight excluding hydrogens is 276 g/mol. The average molecular weight is 301 g/mol. The number of alkyl halides is 1. The second-order valence-corrected chi connectivity index (χ2v) is 6.88. The Kier molecular flexibility index (Phi) is 5.47. The van der Waals surface area contributed by atoms with E-state index in [-0.39, 0.29) is 5.38 Å². The van der Waals surface area contributed by atoms with Crippen LogP contribution in [0, 0.1) is 0 Å². The lowest BCUT2D eigenvalue weighted by atomic mass is 9.89. The van der Waals surface area contributed by atoms with Gasteiger partial charge in [0.2, 0.25) is 0 Å². The first-order valence-corrected chi connectivity index (χ1v) is 8.24. The number of benzene rings is 2. The van der Waals surface area contributed by atoms with Crippen LogP contribution in [0.2, 0.25) is 0 Å². The van der Waals surface area contributed by atoms with E-state index in [0.29, 0.717) is 11.8 Å². The van der Waals surface area contributed by atoms with Gasteiger partial charge in [0.25, 0.3) is 0 Å². The molecule has 0 aliphatic carbocycles. The number of hydrogen-bond donors (Lipinski definition) is 0. The van der Waals surface area contributed by atoms with Crippen LogP contribution in [0.1, 0.15) is 67.2 Å². The van der Waals surface area contributed by atoms with E-state index in [1.807, 2.05) is 6.07 Å². The predicted molar refractivity (Wildman–Crippen MR) is 93.4 cm³/mol. The third-order valence-electron chi connectivity index (χ3n) is 3.99. The van der Waals surface area contributed by atoms with Gasteiger partial charge in [-0.15, -0.1) is 11.6 Å². The maximum absolute atomic E-state index is 6.72. The van der Waals surface area contributed by atoms with E-state index < -0.39 is 0 Å². The summed E-state index contributed by atoms with van der Waals surface area (Å²) in [5, 5.41) is 0.0333. The largest absolute Gasteiger partial charge is 0.117 e. The molecule has 0 amide bonds. The van der Waals surface area contributed by atoms with Gasteiger partial charge in [0.1, 0.15) is 0 Å². The SMILES string of the molecule is CC(C)c1ccc(C(Cl)Cc2ccccc2)c(C(C)C)c1. The maximum Gasteiger partial charge on any atom is 0.0628 e. The van der Waals surface area contributed by atoms with Crippen LogP contribution >= 0.6 is 11.6 Å². The summed E-state index contributed by atoms with van der Waals surface area (Å²) in [5.74, 6) is 1.05. The number of rotatable bonds is 5. The predicted octanol–water partition coefficient (Wildman–Crippen LogP) is 6.46. The van der Waals surface area contributed by atoms with Crippen molar-refractivity contribution in [1.29, 1.82) is 0 Å². The maximum atomic E-state index is 6.72. The van der Waals surface area contributed by atoms with Crippen molar-refractivity contribution < 1.29 is 0 Å². The fraction of sp³-hybridized carbons (Fsp3) is 0.400. The molecule has 0 aliphatic rings. The first-order chi connectivity index (χ1) is 9.99. The molecule has 2 aromatic carbocycles. The van der Waals surface area contributed by atoms with E-state index in [1.54, 1.807) is 0 Å². The minimum absolute atomic E-state index is 0.0333. The first kappa shape index (κ1) is 16.1. The van der Waals surface area contributed by atoms with E-state index in [9.17, 15) is 0 Å². The summed E-state index contributed by atoms with van der Waals surface area (Å²) in [7, 11) is 0. The molecule has 1 atom stereocenters. The van der Waals surface area contributed by atoms with Crippen molar-refractivity contribution in [2.75, 3.05) is 0 Å². The van der Waals surface area contributed by atoms with Crippen molar-refractivity contribution in [2.45, 2.75) is 51.3 Å². The molecule has 0 spiro atoms. The highest BCUT2D eigenvalue weighted by atomic mass is 35.5. The summed E-state index contributed by atoms with van der Waals surface area (Å²) in [6, 6.07) is 17.3. The molecule has 0 aromatic heterocycles. The van der Waals surface area contributed by atoms with E-state index in [1.165, 1.54) is 22.3 Å². The van der Waals surface area contributed by atoms with Gasteiger partial charge in [-0.25, -0.2) is 0 Å².